The van der Waals surface area contributed by atoms with Gasteiger partial charge in [-0.25, -0.2) is 0 Å². The molecule has 2 rings (SSSR count). The van der Waals surface area contributed by atoms with E-state index in [9.17, 15) is 0 Å². The molecule has 0 amide bonds. The molecule has 0 heterocycles. The van der Waals surface area contributed by atoms with Gasteiger partial charge in [0, 0.05) is 0 Å². The SMILES string of the molecule is CCc1ccc(C2C(C)C(CC)C2C)cc1. The lowest BCUT2D eigenvalue weighted by molar-refractivity contribution is 0.0561. The van der Waals surface area contributed by atoms with Crippen LogP contribution < -0.4 is 0 Å². The van der Waals surface area contributed by atoms with E-state index in [0.29, 0.717) is 0 Å². The van der Waals surface area contributed by atoms with Gasteiger partial charge in [-0.1, -0.05) is 58.4 Å². The van der Waals surface area contributed by atoms with Crippen molar-refractivity contribution in [2.75, 3.05) is 0 Å². The highest BCUT2D eigenvalue weighted by molar-refractivity contribution is 5.28. The minimum atomic E-state index is 0.802. The molecule has 88 valence electrons. The molecule has 16 heavy (non-hydrogen) atoms. The molecule has 0 aliphatic heterocycles. The van der Waals surface area contributed by atoms with Crippen molar-refractivity contribution in [1.82, 2.24) is 0 Å². The summed E-state index contributed by atoms with van der Waals surface area (Å²) in [4.78, 5) is 0. The summed E-state index contributed by atoms with van der Waals surface area (Å²) in [6, 6.07) is 9.30. The monoisotopic (exact) mass is 216 g/mol. The maximum atomic E-state index is 2.42. The first-order valence-corrected chi connectivity index (χ1v) is 6.77. The van der Waals surface area contributed by atoms with Crippen LogP contribution in [0.4, 0.5) is 0 Å². The second-order valence-electron chi connectivity index (χ2n) is 5.41. The first-order valence-electron chi connectivity index (χ1n) is 6.77. The van der Waals surface area contributed by atoms with Crippen LogP contribution in [0, 0.1) is 17.8 Å². The van der Waals surface area contributed by atoms with Crippen molar-refractivity contribution in [3.05, 3.63) is 35.4 Å². The summed E-state index contributed by atoms with van der Waals surface area (Å²) in [5.41, 5.74) is 3.01. The summed E-state index contributed by atoms with van der Waals surface area (Å²) in [6.45, 7) is 9.39. The summed E-state index contributed by atoms with van der Waals surface area (Å²) in [5, 5.41) is 0. The summed E-state index contributed by atoms with van der Waals surface area (Å²) < 4.78 is 0. The fourth-order valence-electron chi connectivity index (χ4n) is 3.67. The lowest BCUT2D eigenvalue weighted by Crippen LogP contribution is -2.41. The highest BCUT2D eigenvalue weighted by Crippen LogP contribution is 2.53. The Morgan fingerprint density at radius 2 is 1.50 bits per heavy atom. The Morgan fingerprint density at radius 3 is 1.94 bits per heavy atom. The lowest BCUT2D eigenvalue weighted by atomic mass is 9.55. The minimum Gasteiger partial charge on any atom is -0.0651 e. The van der Waals surface area contributed by atoms with Gasteiger partial charge in [0.2, 0.25) is 0 Å². The minimum absolute atomic E-state index is 0.802. The molecular weight excluding hydrogens is 192 g/mol. The van der Waals surface area contributed by atoms with Crippen molar-refractivity contribution in [3.63, 3.8) is 0 Å². The van der Waals surface area contributed by atoms with E-state index in [2.05, 4.69) is 52.0 Å². The Morgan fingerprint density at radius 1 is 0.938 bits per heavy atom. The zero-order valence-corrected chi connectivity index (χ0v) is 11.0. The van der Waals surface area contributed by atoms with E-state index in [-0.39, 0.29) is 0 Å². The van der Waals surface area contributed by atoms with Crippen LogP contribution >= 0.6 is 0 Å². The standard InChI is InChI=1S/C16H24/c1-5-13-7-9-14(10-8-13)16-11(3)15(6-2)12(16)4/h7-12,15-16H,5-6H2,1-4H3. The molecule has 0 aromatic heterocycles. The zero-order valence-electron chi connectivity index (χ0n) is 11.0. The molecule has 0 saturated heterocycles. The van der Waals surface area contributed by atoms with Crippen molar-refractivity contribution in [2.45, 2.75) is 46.5 Å². The molecule has 0 N–H and O–H groups in total. The van der Waals surface area contributed by atoms with Gasteiger partial charge < -0.3 is 0 Å². The molecule has 1 saturated carbocycles. The third kappa shape index (κ3) is 1.79. The van der Waals surface area contributed by atoms with Crippen molar-refractivity contribution in [2.24, 2.45) is 17.8 Å². The van der Waals surface area contributed by atoms with E-state index in [0.717, 1.165) is 30.1 Å². The first kappa shape index (κ1) is 11.7. The van der Waals surface area contributed by atoms with Crippen molar-refractivity contribution < 1.29 is 0 Å². The van der Waals surface area contributed by atoms with Crippen LogP contribution in [0.25, 0.3) is 0 Å². The van der Waals surface area contributed by atoms with Crippen LogP contribution in [0.2, 0.25) is 0 Å². The molecule has 0 heteroatoms. The van der Waals surface area contributed by atoms with E-state index in [1.807, 2.05) is 0 Å². The van der Waals surface area contributed by atoms with Crippen LogP contribution in [0.1, 0.15) is 51.2 Å². The van der Waals surface area contributed by atoms with Crippen LogP contribution in [0.5, 0.6) is 0 Å². The van der Waals surface area contributed by atoms with Crippen molar-refractivity contribution >= 4 is 0 Å². The molecule has 2 atom stereocenters. The van der Waals surface area contributed by atoms with Crippen LogP contribution in [-0.2, 0) is 6.42 Å². The van der Waals surface area contributed by atoms with Crippen molar-refractivity contribution in [3.8, 4) is 0 Å². The molecule has 1 fully saturated rings. The molecule has 1 aliphatic carbocycles. The predicted molar refractivity (Wildman–Crippen MR) is 70.7 cm³/mol. The second-order valence-corrected chi connectivity index (χ2v) is 5.41. The number of rotatable bonds is 3. The van der Waals surface area contributed by atoms with Gasteiger partial charge in [-0.15, -0.1) is 0 Å². The molecule has 1 aromatic carbocycles. The van der Waals surface area contributed by atoms with Crippen LogP contribution in [0.3, 0.4) is 0 Å². The van der Waals surface area contributed by atoms with Gasteiger partial charge in [0.15, 0.2) is 0 Å². The average Bonchev–Trinajstić information content (AvgIpc) is 2.31. The van der Waals surface area contributed by atoms with E-state index in [4.69, 9.17) is 0 Å². The van der Waals surface area contributed by atoms with E-state index in [1.165, 1.54) is 12.0 Å². The fraction of sp³-hybridized carbons (Fsp3) is 0.625. The van der Waals surface area contributed by atoms with E-state index in [1.54, 1.807) is 5.56 Å². The smallest absolute Gasteiger partial charge is 0.0105 e. The second kappa shape index (κ2) is 4.61. The third-order valence-electron chi connectivity index (χ3n) is 4.73. The molecule has 0 radical (unpaired) electrons. The molecule has 1 aliphatic rings. The number of hydrogen-bond donors (Lipinski definition) is 0. The molecule has 0 bridgehead atoms. The summed E-state index contributed by atoms with van der Waals surface area (Å²) in [7, 11) is 0. The van der Waals surface area contributed by atoms with Gasteiger partial charge in [0.25, 0.3) is 0 Å². The maximum absolute atomic E-state index is 2.42. The normalized spacial score (nSPS) is 33.5. The Balaban J connectivity index is 2.13. The quantitative estimate of drug-likeness (QED) is 0.690. The summed E-state index contributed by atoms with van der Waals surface area (Å²) in [6.07, 6.45) is 2.49. The predicted octanol–water partition coefficient (Wildman–Crippen LogP) is 4.64. The molecule has 0 spiro atoms. The Bertz CT molecular complexity index is 326. The van der Waals surface area contributed by atoms with Gasteiger partial charge in [0.1, 0.15) is 0 Å². The van der Waals surface area contributed by atoms with E-state index < -0.39 is 0 Å². The molecule has 0 nitrogen and oxygen atoms in total. The van der Waals surface area contributed by atoms with Gasteiger partial charge in [-0.3, -0.25) is 0 Å². The Labute approximate surface area is 100 Å². The fourth-order valence-corrected chi connectivity index (χ4v) is 3.67. The van der Waals surface area contributed by atoms with E-state index >= 15 is 0 Å². The summed E-state index contributed by atoms with van der Waals surface area (Å²) >= 11 is 0. The zero-order chi connectivity index (χ0) is 11.7. The molecule has 1 aromatic rings. The highest BCUT2D eigenvalue weighted by Gasteiger charge is 2.44. The largest absolute Gasteiger partial charge is 0.0651 e. The number of aryl methyl sites for hydroxylation is 1. The lowest BCUT2D eigenvalue weighted by Gasteiger charge is -2.49. The molecular formula is C16H24. The summed E-state index contributed by atoms with van der Waals surface area (Å²) in [5.74, 6) is 3.48. The highest BCUT2D eigenvalue weighted by atomic mass is 14.5. The Hall–Kier alpha value is -0.780. The Kier molecular flexibility index (Phi) is 3.37. The third-order valence-corrected chi connectivity index (χ3v) is 4.73. The van der Waals surface area contributed by atoms with Crippen molar-refractivity contribution in [1.29, 1.82) is 0 Å². The first-order chi connectivity index (χ1) is 7.69. The van der Waals surface area contributed by atoms with Crippen LogP contribution in [0.15, 0.2) is 24.3 Å². The maximum Gasteiger partial charge on any atom is -0.0105 e. The average molecular weight is 216 g/mol. The van der Waals surface area contributed by atoms with Gasteiger partial charge in [0.05, 0.1) is 0 Å². The van der Waals surface area contributed by atoms with Gasteiger partial charge >= 0.3 is 0 Å². The van der Waals surface area contributed by atoms with Crippen LogP contribution in [-0.4, -0.2) is 0 Å². The van der Waals surface area contributed by atoms with Gasteiger partial charge in [-0.05, 0) is 41.2 Å². The van der Waals surface area contributed by atoms with Gasteiger partial charge in [-0.2, -0.15) is 0 Å². The topological polar surface area (TPSA) is 0 Å². The molecule has 2 unspecified atom stereocenters. The number of hydrogen-bond acceptors (Lipinski definition) is 0. The number of benzene rings is 1.